The molecule has 2 aromatic rings. The molecule has 1 amide bonds. The van der Waals surface area contributed by atoms with Crippen LogP contribution in [0.1, 0.15) is 29.1 Å². The normalized spacial score (nSPS) is 20.5. The molecule has 36 heavy (non-hydrogen) atoms. The van der Waals surface area contributed by atoms with Crippen molar-refractivity contribution in [3.05, 3.63) is 63.0 Å². The van der Waals surface area contributed by atoms with Crippen LogP contribution in [0.4, 0.5) is 4.39 Å². The third-order valence-electron chi connectivity index (χ3n) is 5.89. The minimum absolute atomic E-state index is 0.171. The number of aliphatic imine (C=N–C) groups is 1. The summed E-state index contributed by atoms with van der Waals surface area (Å²) in [6.07, 6.45) is 1.67. The molecular weight excluding hydrogens is 489 g/mol. The fourth-order valence-corrected chi connectivity index (χ4v) is 4.82. The lowest BCUT2D eigenvalue weighted by atomic mass is 9.92. The van der Waals surface area contributed by atoms with Gasteiger partial charge in [0.15, 0.2) is 10.8 Å². The molecule has 10 nitrogen and oxygen atoms in total. The van der Waals surface area contributed by atoms with Gasteiger partial charge in [-0.15, -0.1) is 11.3 Å². The van der Waals surface area contributed by atoms with E-state index in [-0.39, 0.29) is 31.5 Å². The molecule has 12 heteroatoms. The molecule has 2 aliphatic heterocycles. The molecule has 3 heterocycles. The third kappa shape index (κ3) is 5.62. The van der Waals surface area contributed by atoms with Crippen LogP contribution >= 0.6 is 11.3 Å². The maximum Gasteiger partial charge on any atom is 0.338 e. The van der Waals surface area contributed by atoms with Crippen LogP contribution in [0.5, 0.6) is 0 Å². The maximum absolute atomic E-state index is 13.9. The van der Waals surface area contributed by atoms with Gasteiger partial charge in [0.05, 0.1) is 32.5 Å². The quantitative estimate of drug-likeness (QED) is 0.403. The molecule has 2 atom stereocenters. The molecule has 0 bridgehead atoms. The van der Waals surface area contributed by atoms with Crippen molar-refractivity contribution in [2.75, 3.05) is 40.0 Å². The number of rotatable bonds is 8. The average Bonchev–Trinajstić information content (AvgIpc) is 3.39. The SMILES string of the molecule is CCOC(=O)C1=C(CN2CCOCC2C(=O)NOC)NC(c2nccs2)=NC1c1ccc(F)cc1C. The summed E-state index contributed by atoms with van der Waals surface area (Å²) in [5.74, 6) is -0.794. The standard InChI is InChI=1S/C24H28FN5O5S/c1-4-35-24(32)19-17(12-30-8-9-34-13-18(30)22(31)29-33-3)27-21(23-26-7-10-36-23)28-20(19)16-6-5-15(25)11-14(16)2/h5-7,10-11,18,20H,4,8-9,12-13H2,1-3H3,(H,27,28)(H,29,31). The van der Waals surface area contributed by atoms with Gasteiger partial charge in [-0.2, -0.15) is 0 Å². The van der Waals surface area contributed by atoms with Gasteiger partial charge in [-0.05, 0) is 37.1 Å². The number of ether oxygens (including phenoxy) is 2. The van der Waals surface area contributed by atoms with Gasteiger partial charge in [0.2, 0.25) is 0 Å². The van der Waals surface area contributed by atoms with E-state index in [1.807, 2.05) is 10.3 Å². The van der Waals surface area contributed by atoms with Crippen molar-refractivity contribution in [1.82, 2.24) is 20.7 Å². The number of aromatic nitrogens is 1. The largest absolute Gasteiger partial charge is 0.463 e. The molecule has 4 rings (SSSR count). The minimum Gasteiger partial charge on any atom is -0.463 e. The number of morpholine rings is 1. The van der Waals surface area contributed by atoms with Gasteiger partial charge in [-0.3, -0.25) is 19.5 Å². The van der Waals surface area contributed by atoms with Gasteiger partial charge < -0.3 is 14.8 Å². The third-order valence-corrected chi connectivity index (χ3v) is 6.67. The summed E-state index contributed by atoms with van der Waals surface area (Å²) in [5.41, 5.74) is 4.50. The van der Waals surface area contributed by atoms with Crippen molar-refractivity contribution in [2.24, 2.45) is 4.99 Å². The number of thiazole rings is 1. The molecule has 2 N–H and O–H groups in total. The summed E-state index contributed by atoms with van der Waals surface area (Å²) >= 11 is 1.40. The smallest absolute Gasteiger partial charge is 0.338 e. The zero-order valence-corrected chi connectivity index (χ0v) is 21.1. The lowest BCUT2D eigenvalue weighted by Gasteiger charge is -2.36. The zero-order valence-electron chi connectivity index (χ0n) is 20.2. The number of carbonyl (C=O) groups is 2. The number of nitrogens with zero attached hydrogens (tertiary/aromatic N) is 3. The van der Waals surface area contributed by atoms with Gasteiger partial charge in [-0.25, -0.2) is 19.6 Å². The monoisotopic (exact) mass is 517 g/mol. The molecule has 2 unspecified atom stereocenters. The van der Waals surface area contributed by atoms with E-state index >= 15 is 0 Å². The van der Waals surface area contributed by atoms with E-state index in [2.05, 4.69) is 15.8 Å². The summed E-state index contributed by atoms with van der Waals surface area (Å²) in [6.45, 7) is 4.92. The van der Waals surface area contributed by atoms with Gasteiger partial charge in [0, 0.05) is 30.4 Å². The molecule has 2 aliphatic rings. The van der Waals surface area contributed by atoms with Crippen LogP contribution in [0, 0.1) is 12.7 Å². The van der Waals surface area contributed by atoms with Crippen molar-refractivity contribution in [1.29, 1.82) is 0 Å². The number of hydrogen-bond donors (Lipinski definition) is 2. The molecule has 1 fully saturated rings. The Labute approximate surface area is 212 Å². The fraction of sp³-hybridized carbons (Fsp3) is 0.417. The first-order valence-corrected chi connectivity index (χ1v) is 12.4. The number of halogens is 1. The van der Waals surface area contributed by atoms with E-state index in [1.54, 1.807) is 26.1 Å². The number of nitrogens with one attached hydrogen (secondary N) is 2. The van der Waals surface area contributed by atoms with Gasteiger partial charge in [0.25, 0.3) is 5.91 Å². The van der Waals surface area contributed by atoms with Crippen molar-refractivity contribution in [3.8, 4) is 0 Å². The van der Waals surface area contributed by atoms with E-state index in [4.69, 9.17) is 19.3 Å². The van der Waals surface area contributed by atoms with Crippen molar-refractivity contribution in [3.63, 3.8) is 0 Å². The Bertz CT molecular complexity index is 1170. The number of amides is 1. The second kappa shape index (κ2) is 11.7. The summed E-state index contributed by atoms with van der Waals surface area (Å²) in [7, 11) is 1.36. The molecule has 192 valence electrons. The number of aryl methyl sites for hydroxylation is 1. The highest BCUT2D eigenvalue weighted by atomic mass is 32.1. The van der Waals surface area contributed by atoms with Crippen LogP contribution in [-0.4, -0.2) is 73.7 Å². The van der Waals surface area contributed by atoms with Gasteiger partial charge in [-0.1, -0.05) is 6.07 Å². The van der Waals surface area contributed by atoms with Gasteiger partial charge in [0.1, 0.15) is 17.9 Å². The van der Waals surface area contributed by atoms with Crippen molar-refractivity contribution < 1.29 is 28.3 Å². The summed E-state index contributed by atoms with van der Waals surface area (Å²) < 4.78 is 24.9. The average molecular weight is 518 g/mol. The topological polar surface area (TPSA) is 114 Å². The number of esters is 1. The van der Waals surface area contributed by atoms with E-state index in [0.717, 1.165) is 0 Å². The van der Waals surface area contributed by atoms with Crippen LogP contribution in [0.2, 0.25) is 0 Å². The lowest BCUT2D eigenvalue weighted by Crippen LogP contribution is -2.55. The van der Waals surface area contributed by atoms with E-state index in [1.165, 1.54) is 30.6 Å². The number of hydrogen-bond acceptors (Lipinski definition) is 10. The molecule has 0 aliphatic carbocycles. The van der Waals surface area contributed by atoms with E-state index < -0.39 is 18.1 Å². The number of amidine groups is 1. The van der Waals surface area contributed by atoms with Crippen molar-refractivity contribution >= 4 is 29.0 Å². The molecule has 1 aromatic heterocycles. The highest BCUT2D eigenvalue weighted by Crippen LogP contribution is 2.35. The Kier molecular flexibility index (Phi) is 8.41. The summed E-state index contributed by atoms with van der Waals surface area (Å²) in [6, 6.07) is 2.99. The first-order valence-electron chi connectivity index (χ1n) is 11.5. The second-order valence-electron chi connectivity index (χ2n) is 8.19. The first kappa shape index (κ1) is 25.9. The van der Waals surface area contributed by atoms with Crippen molar-refractivity contribution in [2.45, 2.75) is 25.9 Å². The van der Waals surface area contributed by atoms with Crippen LogP contribution in [0.15, 0.2) is 46.0 Å². The van der Waals surface area contributed by atoms with Gasteiger partial charge >= 0.3 is 5.97 Å². The molecule has 1 saturated heterocycles. The number of hydroxylamine groups is 1. The Balaban J connectivity index is 1.81. The Hall–Kier alpha value is -3.19. The van der Waals surface area contributed by atoms with Crippen LogP contribution in [0.25, 0.3) is 0 Å². The Morgan fingerprint density at radius 1 is 1.39 bits per heavy atom. The maximum atomic E-state index is 13.9. The second-order valence-corrected chi connectivity index (χ2v) is 9.08. The summed E-state index contributed by atoms with van der Waals surface area (Å²) in [4.78, 5) is 41.8. The number of benzene rings is 1. The Morgan fingerprint density at radius 2 is 2.22 bits per heavy atom. The van der Waals surface area contributed by atoms with Crippen LogP contribution < -0.4 is 10.8 Å². The number of carbonyl (C=O) groups excluding carboxylic acids is 2. The molecule has 0 radical (unpaired) electrons. The van der Waals surface area contributed by atoms with Crippen LogP contribution in [0.3, 0.4) is 0 Å². The molecule has 0 spiro atoms. The fourth-order valence-electron chi connectivity index (χ4n) is 4.23. The van der Waals surface area contributed by atoms with Crippen LogP contribution in [-0.2, 0) is 23.9 Å². The molecule has 1 aromatic carbocycles. The lowest BCUT2D eigenvalue weighted by molar-refractivity contribution is -0.142. The van der Waals surface area contributed by atoms with E-state index in [9.17, 15) is 14.0 Å². The van der Waals surface area contributed by atoms with E-state index in [0.29, 0.717) is 46.4 Å². The zero-order chi connectivity index (χ0) is 25.7. The minimum atomic E-state index is -0.757. The summed E-state index contributed by atoms with van der Waals surface area (Å²) in [5, 5.41) is 5.74. The molecular formula is C24H28FN5O5S. The molecule has 0 saturated carbocycles. The first-order chi connectivity index (χ1) is 17.4. The predicted octanol–water partition coefficient (Wildman–Crippen LogP) is 1.88. The highest BCUT2D eigenvalue weighted by Gasteiger charge is 2.37. The Morgan fingerprint density at radius 3 is 2.92 bits per heavy atom. The predicted molar refractivity (Wildman–Crippen MR) is 131 cm³/mol. The highest BCUT2D eigenvalue weighted by molar-refractivity contribution is 7.11.